The van der Waals surface area contributed by atoms with Gasteiger partial charge in [-0.2, -0.15) is 13.2 Å². The average Bonchev–Trinajstić information content (AvgIpc) is 2.74. The summed E-state index contributed by atoms with van der Waals surface area (Å²) in [7, 11) is 1.37. The van der Waals surface area contributed by atoms with Crippen LogP contribution in [0.1, 0.15) is 5.69 Å². The number of H-pyrrole nitrogens is 1. The van der Waals surface area contributed by atoms with Gasteiger partial charge in [0.1, 0.15) is 0 Å². The van der Waals surface area contributed by atoms with E-state index in [1.54, 1.807) is 6.20 Å². The van der Waals surface area contributed by atoms with E-state index in [1.165, 1.54) is 13.4 Å². The summed E-state index contributed by atoms with van der Waals surface area (Å²) in [5, 5.41) is 0. The second-order valence-corrected chi connectivity index (χ2v) is 3.42. The van der Waals surface area contributed by atoms with Gasteiger partial charge in [-0.1, -0.05) is 0 Å². The molecule has 1 heterocycles. The Morgan fingerprint density at radius 1 is 1.59 bits per heavy atom. The van der Waals surface area contributed by atoms with Gasteiger partial charge in [0.15, 0.2) is 6.61 Å². The molecule has 96 valence electrons. The third-order valence-electron chi connectivity index (χ3n) is 1.94. The number of hydrogen-bond acceptors (Lipinski definition) is 3. The number of alkyl halides is 3. The Morgan fingerprint density at radius 3 is 2.82 bits per heavy atom. The molecule has 0 saturated heterocycles. The van der Waals surface area contributed by atoms with Crippen molar-refractivity contribution in [1.82, 2.24) is 14.9 Å². The van der Waals surface area contributed by atoms with E-state index in [-0.39, 0.29) is 6.54 Å². The lowest BCUT2D eigenvalue weighted by Gasteiger charge is -2.17. The lowest BCUT2D eigenvalue weighted by Crippen LogP contribution is -2.32. The zero-order valence-electron chi connectivity index (χ0n) is 9.12. The number of aromatic amines is 1. The number of imidazole rings is 1. The molecule has 1 rings (SSSR count). The SMILES string of the molecule is CN(CCc1cnc[nH]1)C(=O)OCC(F)(F)F. The third-order valence-corrected chi connectivity index (χ3v) is 1.94. The highest BCUT2D eigenvalue weighted by atomic mass is 19.4. The number of carbonyl (C=O) groups excluding carboxylic acids is 1. The van der Waals surface area contributed by atoms with Gasteiger partial charge in [0, 0.05) is 31.9 Å². The molecule has 0 aliphatic rings. The Labute approximate surface area is 95.6 Å². The van der Waals surface area contributed by atoms with Crippen molar-refractivity contribution in [3.63, 3.8) is 0 Å². The van der Waals surface area contributed by atoms with Crippen LogP contribution in [-0.4, -0.2) is 47.3 Å². The van der Waals surface area contributed by atoms with Crippen molar-refractivity contribution in [2.45, 2.75) is 12.6 Å². The zero-order chi connectivity index (χ0) is 12.9. The highest BCUT2D eigenvalue weighted by Gasteiger charge is 2.30. The summed E-state index contributed by atoms with van der Waals surface area (Å²) in [6.07, 6.45) is -1.97. The summed E-state index contributed by atoms with van der Waals surface area (Å²) in [6, 6.07) is 0. The molecular formula is C9H12F3N3O2. The Bertz CT molecular complexity index is 351. The van der Waals surface area contributed by atoms with Gasteiger partial charge >= 0.3 is 12.3 Å². The molecule has 0 unspecified atom stereocenters. The molecule has 0 aromatic carbocycles. The fourth-order valence-corrected chi connectivity index (χ4v) is 1.05. The number of likely N-dealkylation sites (N-methyl/N-ethyl adjacent to an activating group) is 1. The first kappa shape index (κ1) is 13.3. The Kier molecular flexibility index (Phi) is 4.36. The van der Waals surface area contributed by atoms with Gasteiger partial charge < -0.3 is 14.6 Å². The predicted octanol–water partition coefficient (Wildman–Crippen LogP) is 1.58. The molecule has 0 radical (unpaired) electrons. The van der Waals surface area contributed by atoms with Crippen LogP contribution in [-0.2, 0) is 11.2 Å². The van der Waals surface area contributed by atoms with E-state index in [2.05, 4.69) is 14.7 Å². The van der Waals surface area contributed by atoms with Crippen LogP contribution in [0.3, 0.4) is 0 Å². The molecule has 0 aliphatic heterocycles. The van der Waals surface area contributed by atoms with Crippen LogP contribution in [0, 0.1) is 0 Å². The summed E-state index contributed by atoms with van der Waals surface area (Å²) in [5.74, 6) is 0. The maximum atomic E-state index is 11.8. The number of hydrogen-bond donors (Lipinski definition) is 1. The molecular weight excluding hydrogens is 239 g/mol. The average molecular weight is 251 g/mol. The van der Waals surface area contributed by atoms with Crippen molar-refractivity contribution in [2.24, 2.45) is 0 Å². The molecule has 5 nitrogen and oxygen atoms in total. The van der Waals surface area contributed by atoms with Crippen molar-refractivity contribution >= 4 is 6.09 Å². The number of halogens is 3. The van der Waals surface area contributed by atoms with Crippen LogP contribution >= 0.6 is 0 Å². The molecule has 1 amide bonds. The minimum absolute atomic E-state index is 0.249. The topological polar surface area (TPSA) is 58.2 Å². The third kappa shape index (κ3) is 5.23. The van der Waals surface area contributed by atoms with Crippen molar-refractivity contribution < 1.29 is 22.7 Å². The first-order valence-corrected chi connectivity index (χ1v) is 4.80. The van der Waals surface area contributed by atoms with Crippen LogP contribution in [0.4, 0.5) is 18.0 Å². The molecule has 1 aromatic rings. The monoisotopic (exact) mass is 251 g/mol. The lowest BCUT2D eigenvalue weighted by atomic mass is 10.3. The standard InChI is InChI=1S/C9H12F3N3O2/c1-15(3-2-7-4-13-6-14-7)8(16)17-5-9(10,11)12/h4,6H,2-3,5H2,1H3,(H,13,14). The summed E-state index contributed by atoms with van der Waals surface area (Å²) >= 11 is 0. The molecule has 1 aromatic heterocycles. The number of nitrogens with one attached hydrogen (secondary N) is 1. The van der Waals surface area contributed by atoms with Gasteiger partial charge in [0.2, 0.25) is 0 Å². The number of rotatable bonds is 4. The lowest BCUT2D eigenvalue weighted by molar-refractivity contribution is -0.162. The zero-order valence-corrected chi connectivity index (χ0v) is 9.12. The van der Waals surface area contributed by atoms with Crippen LogP contribution < -0.4 is 0 Å². The predicted molar refractivity (Wildman–Crippen MR) is 52.3 cm³/mol. The van der Waals surface area contributed by atoms with E-state index in [1.807, 2.05) is 0 Å². The molecule has 8 heteroatoms. The molecule has 0 saturated carbocycles. The summed E-state index contributed by atoms with van der Waals surface area (Å²) in [4.78, 5) is 18.8. The van der Waals surface area contributed by atoms with Gasteiger partial charge in [0.05, 0.1) is 6.33 Å². The first-order chi connectivity index (χ1) is 7.88. The van der Waals surface area contributed by atoms with Gasteiger partial charge in [-0.3, -0.25) is 0 Å². The van der Waals surface area contributed by atoms with E-state index in [0.29, 0.717) is 6.42 Å². The highest BCUT2D eigenvalue weighted by Crippen LogP contribution is 2.14. The molecule has 0 aliphatic carbocycles. The van der Waals surface area contributed by atoms with E-state index in [9.17, 15) is 18.0 Å². The van der Waals surface area contributed by atoms with Crippen LogP contribution in [0.15, 0.2) is 12.5 Å². The Hall–Kier alpha value is -1.73. The smallest absolute Gasteiger partial charge is 0.422 e. The maximum absolute atomic E-state index is 11.8. The first-order valence-electron chi connectivity index (χ1n) is 4.80. The second-order valence-electron chi connectivity index (χ2n) is 3.42. The molecule has 1 N–H and O–H groups in total. The van der Waals surface area contributed by atoms with E-state index >= 15 is 0 Å². The van der Waals surface area contributed by atoms with Gasteiger partial charge in [0.25, 0.3) is 0 Å². The van der Waals surface area contributed by atoms with Crippen molar-refractivity contribution in [2.75, 3.05) is 20.2 Å². The molecule has 0 atom stereocenters. The minimum atomic E-state index is -4.50. The second kappa shape index (κ2) is 5.55. The van der Waals surface area contributed by atoms with Crippen LogP contribution in [0.2, 0.25) is 0 Å². The number of amides is 1. The van der Waals surface area contributed by atoms with Gasteiger partial charge in [-0.05, 0) is 0 Å². The number of ether oxygens (including phenoxy) is 1. The molecule has 0 spiro atoms. The summed E-state index contributed by atoms with van der Waals surface area (Å²) in [5.41, 5.74) is 0.792. The maximum Gasteiger partial charge on any atom is 0.422 e. The van der Waals surface area contributed by atoms with Crippen molar-refractivity contribution in [3.8, 4) is 0 Å². The Morgan fingerprint density at radius 2 is 2.29 bits per heavy atom. The van der Waals surface area contributed by atoms with Crippen molar-refractivity contribution in [1.29, 1.82) is 0 Å². The quantitative estimate of drug-likeness (QED) is 0.883. The number of nitrogens with zero attached hydrogens (tertiary/aromatic N) is 2. The Balaban J connectivity index is 2.27. The summed E-state index contributed by atoms with van der Waals surface area (Å²) < 4.78 is 39.4. The highest BCUT2D eigenvalue weighted by molar-refractivity contribution is 5.67. The normalized spacial score (nSPS) is 11.3. The van der Waals surface area contributed by atoms with Gasteiger partial charge in [-0.25, -0.2) is 9.78 Å². The van der Waals surface area contributed by atoms with Crippen molar-refractivity contribution in [3.05, 3.63) is 18.2 Å². The minimum Gasteiger partial charge on any atom is -0.440 e. The number of aromatic nitrogens is 2. The van der Waals surface area contributed by atoms with Gasteiger partial charge in [-0.15, -0.1) is 0 Å². The van der Waals surface area contributed by atoms with E-state index in [4.69, 9.17) is 0 Å². The largest absolute Gasteiger partial charge is 0.440 e. The van der Waals surface area contributed by atoms with E-state index < -0.39 is 18.9 Å². The summed E-state index contributed by atoms with van der Waals surface area (Å²) in [6.45, 7) is -1.32. The molecule has 17 heavy (non-hydrogen) atoms. The van der Waals surface area contributed by atoms with Crippen LogP contribution in [0.5, 0.6) is 0 Å². The number of carbonyl (C=O) groups is 1. The molecule has 0 bridgehead atoms. The fraction of sp³-hybridized carbons (Fsp3) is 0.556. The van der Waals surface area contributed by atoms with E-state index in [0.717, 1.165) is 10.6 Å². The molecule has 0 fully saturated rings. The van der Waals surface area contributed by atoms with Crippen LogP contribution in [0.25, 0.3) is 0 Å². The fourth-order valence-electron chi connectivity index (χ4n) is 1.05.